The van der Waals surface area contributed by atoms with Gasteiger partial charge in [0.1, 0.15) is 5.82 Å². The number of nitrogens with one attached hydrogen (secondary N) is 2. The lowest BCUT2D eigenvalue weighted by molar-refractivity contribution is 0.621. The van der Waals surface area contributed by atoms with Gasteiger partial charge in [-0.1, -0.05) is 0 Å². The zero-order valence-corrected chi connectivity index (χ0v) is 15.4. The zero-order chi connectivity index (χ0) is 19.8. The van der Waals surface area contributed by atoms with E-state index >= 15 is 0 Å². The molecule has 4 heterocycles. The first-order chi connectivity index (χ1) is 14.1. The predicted octanol–water partition coefficient (Wildman–Crippen LogP) is 2.88. The van der Waals surface area contributed by atoms with Gasteiger partial charge in [0.2, 0.25) is 5.95 Å². The first kappa shape index (κ1) is 17.0. The third-order valence-electron chi connectivity index (χ3n) is 4.46. The minimum absolute atomic E-state index is 0.310. The normalized spacial score (nSPS) is 11.2. The Balaban J connectivity index is 1.47. The van der Waals surface area contributed by atoms with Gasteiger partial charge in [-0.2, -0.15) is 20.3 Å². The van der Waals surface area contributed by atoms with E-state index < -0.39 is 0 Å². The molecule has 10 heteroatoms. The van der Waals surface area contributed by atoms with Crippen molar-refractivity contribution >= 4 is 22.7 Å². The van der Waals surface area contributed by atoms with Gasteiger partial charge in [-0.3, -0.25) is 9.78 Å². The van der Waals surface area contributed by atoms with Crippen molar-refractivity contribution in [3.05, 3.63) is 66.8 Å². The summed E-state index contributed by atoms with van der Waals surface area (Å²) >= 11 is 0. The Kier molecular flexibility index (Phi) is 4.01. The van der Waals surface area contributed by atoms with Gasteiger partial charge >= 0.3 is 0 Å². The number of H-pyrrole nitrogens is 1. The van der Waals surface area contributed by atoms with E-state index in [1.807, 2.05) is 19.3 Å². The van der Waals surface area contributed by atoms with Crippen molar-refractivity contribution in [3.63, 3.8) is 0 Å². The lowest BCUT2D eigenvalue weighted by atomic mass is 10.1. The molecule has 0 saturated heterocycles. The summed E-state index contributed by atoms with van der Waals surface area (Å²) in [4.78, 5) is 8.83. The smallest absolute Gasteiger partial charge is 0.229 e. The number of fused-ring (bicyclic) bond motifs is 1. The molecular weight excluding hydrogens is 373 g/mol. The highest BCUT2D eigenvalue weighted by atomic mass is 19.1. The Morgan fingerprint density at radius 1 is 1.07 bits per heavy atom. The largest absolute Gasteiger partial charge is 0.321 e. The van der Waals surface area contributed by atoms with Gasteiger partial charge in [0.05, 0.1) is 36.2 Å². The number of hydrogen-bond donors (Lipinski definition) is 2. The lowest BCUT2D eigenvalue weighted by Gasteiger charge is -2.07. The lowest BCUT2D eigenvalue weighted by Crippen LogP contribution is -2.05. The molecule has 2 N–H and O–H groups in total. The van der Waals surface area contributed by atoms with Crippen molar-refractivity contribution in [2.45, 2.75) is 6.54 Å². The number of aromatic amines is 1. The van der Waals surface area contributed by atoms with E-state index in [0.717, 1.165) is 27.8 Å². The van der Waals surface area contributed by atoms with Crippen LogP contribution in [0.1, 0.15) is 5.56 Å². The summed E-state index contributed by atoms with van der Waals surface area (Å²) in [5, 5.41) is 19.0. The quantitative estimate of drug-likeness (QED) is 0.479. The number of aromatic nitrogens is 8. The summed E-state index contributed by atoms with van der Waals surface area (Å²) < 4.78 is 17.6. The van der Waals surface area contributed by atoms with Crippen LogP contribution in [-0.2, 0) is 13.6 Å². The Bertz CT molecular complexity index is 1290. The van der Waals surface area contributed by atoms with Gasteiger partial charge in [0.15, 0.2) is 5.65 Å². The second-order valence-corrected chi connectivity index (χ2v) is 6.64. The molecule has 0 radical (unpaired) electrons. The molecule has 0 saturated carbocycles. The summed E-state index contributed by atoms with van der Waals surface area (Å²) in [5.41, 5.74) is 3.80. The highest BCUT2D eigenvalue weighted by molar-refractivity contribution is 5.75. The summed E-state index contributed by atoms with van der Waals surface area (Å²) in [6, 6.07) is 4.93. The molecule has 1 aromatic carbocycles. The van der Waals surface area contributed by atoms with E-state index in [-0.39, 0.29) is 5.82 Å². The number of hydrogen-bond acceptors (Lipinski definition) is 6. The Morgan fingerprint density at radius 2 is 2.00 bits per heavy atom. The van der Waals surface area contributed by atoms with E-state index in [9.17, 15) is 4.39 Å². The van der Waals surface area contributed by atoms with Crippen LogP contribution >= 0.6 is 0 Å². The predicted molar refractivity (Wildman–Crippen MR) is 105 cm³/mol. The Hall–Kier alpha value is -4.08. The third kappa shape index (κ3) is 3.43. The number of halogens is 1. The number of nitrogens with zero attached hydrogens (tertiary/aromatic N) is 7. The molecule has 144 valence electrons. The zero-order valence-electron chi connectivity index (χ0n) is 15.4. The van der Waals surface area contributed by atoms with Crippen LogP contribution in [0, 0.1) is 5.82 Å². The highest BCUT2D eigenvalue weighted by Gasteiger charge is 2.10. The van der Waals surface area contributed by atoms with Gasteiger partial charge in [-0.25, -0.2) is 14.1 Å². The minimum Gasteiger partial charge on any atom is -0.321 e. The van der Waals surface area contributed by atoms with Crippen LogP contribution in [-0.4, -0.2) is 39.7 Å². The molecule has 0 aliphatic heterocycles. The number of benzene rings is 1. The van der Waals surface area contributed by atoms with Crippen LogP contribution < -0.4 is 5.32 Å². The first-order valence-corrected chi connectivity index (χ1v) is 8.87. The van der Waals surface area contributed by atoms with Crippen LogP contribution in [0.4, 0.5) is 16.0 Å². The average Bonchev–Trinajstić information content (AvgIpc) is 3.44. The summed E-state index contributed by atoms with van der Waals surface area (Å²) in [6.45, 7) is 0.372. The molecule has 0 amide bonds. The maximum Gasteiger partial charge on any atom is 0.229 e. The van der Waals surface area contributed by atoms with Crippen molar-refractivity contribution in [3.8, 4) is 11.1 Å². The maximum absolute atomic E-state index is 14.2. The van der Waals surface area contributed by atoms with E-state index in [0.29, 0.717) is 18.1 Å². The fourth-order valence-corrected chi connectivity index (χ4v) is 3.14. The molecule has 29 heavy (non-hydrogen) atoms. The summed E-state index contributed by atoms with van der Waals surface area (Å²) in [7, 11) is 1.83. The minimum atomic E-state index is -0.310. The van der Waals surface area contributed by atoms with Crippen molar-refractivity contribution in [2.75, 3.05) is 5.32 Å². The average molecular weight is 389 g/mol. The standard InChI is InChI=1S/C19H16FN9/c1-28-11-15(7-24-28)13-2-12(3-16(20)4-13)10-29-18-14(6-25-29)5-21-19(27-18)26-17-8-22-23-9-17/h2-9,11H,10H2,1H3,(H,22,23)(H,21,26,27). The van der Waals surface area contributed by atoms with Gasteiger partial charge in [0.25, 0.3) is 0 Å². The van der Waals surface area contributed by atoms with Crippen LogP contribution in [0.3, 0.4) is 0 Å². The molecule has 0 aliphatic rings. The molecule has 4 aromatic heterocycles. The second-order valence-electron chi connectivity index (χ2n) is 6.64. The topological polar surface area (TPSA) is 102 Å². The van der Waals surface area contributed by atoms with E-state index in [1.54, 1.807) is 40.3 Å². The third-order valence-corrected chi connectivity index (χ3v) is 4.46. The number of anilines is 2. The van der Waals surface area contributed by atoms with Crippen molar-refractivity contribution in [2.24, 2.45) is 7.05 Å². The van der Waals surface area contributed by atoms with Gasteiger partial charge in [-0.15, -0.1) is 0 Å². The maximum atomic E-state index is 14.2. The van der Waals surface area contributed by atoms with E-state index in [4.69, 9.17) is 0 Å². The fraction of sp³-hybridized carbons (Fsp3) is 0.105. The molecule has 9 nitrogen and oxygen atoms in total. The monoisotopic (exact) mass is 389 g/mol. The van der Waals surface area contributed by atoms with E-state index in [1.165, 1.54) is 12.1 Å². The molecule has 0 bridgehead atoms. The number of rotatable bonds is 5. The Labute approximate surface area is 164 Å². The highest BCUT2D eigenvalue weighted by Crippen LogP contribution is 2.23. The van der Waals surface area contributed by atoms with Gasteiger partial charge in [0, 0.05) is 31.2 Å². The van der Waals surface area contributed by atoms with Crippen molar-refractivity contribution in [1.82, 2.24) is 39.7 Å². The second kappa shape index (κ2) is 6.82. The van der Waals surface area contributed by atoms with Crippen LogP contribution in [0.15, 0.2) is 55.4 Å². The van der Waals surface area contributed by atoms with Gasteiger partial charge < -0.3 is 5.32 Å². The molecule has 0 spiro atoms. The number of aryl methyl sites for hydroxylation is 1. The van der Waals surface area contributed by atoms with Gasteiger partial charge in [-0.05, 0) is 29.3 Å². The Morgan fingerprint density at radius 3 is 2.79 bits per heavy atom. The molecule has 5 aromatic rings. The van der Waals surface area contributed by atoms with Crippen molar-refractivity contribution in [1.29, 1.82) is 0 Å². The first-order valence-electron chi connectivity index (χ1n) is 8.87. The van der Waals surface area contributed by atoms with Crippen LogP contribution in [0.2, 0.25) is 0 Å². The molecule has 0 atom stereocenters. The van der Waals surface area contributed by atoms with Crippen LogP contribution in [0.25, 0.3) is 22.2 Å². The summed E-state index contributed by atoms with van der Waals surface area (Å²) in [6.07, 6.45) is 10.3. The van der Waals surface area contributed by atoms with Crippen LogP contribution in [0.5, 0.6) is 0 Å². The fourth-order valence-electron chi connectivity index (χ4n) is 3.14. The molecule has 5 rings (SSSR count). The molecule has 0 unspecified atom stereocenters. The molecule has 0 aliphatic carbocycles. The SMILES string of the molecule is Cn1cc(-c2cc(F)cc(Cn3ncc4cnc(Nc5cn[nH]c5)nc43)c2)cn1. The molecule has 0 fully saturated rings. The van der Waals surface area contributed by atoms with Crippen molar-refractivity contribution < 1.29 is 4.39 Å². The summed E-state index contributed by atoms with van der Waals surface area (Å²) in [5.74, 6) is 0.116. The van der Waals surface area contributed by atoms with E-state index in [2.05, 4.69) is 35.7 Å². The molecular formula is C19H16FN9.